The molecule has 3 aromatic carbocycles. The Hall–Kier alpha value is -2.83. The number of rotatable bonds is 4. The number of nitrogens with zero attached hydrogens (tertiary/aromatic N) is 1. The zero-order chi connectivity index (χ0) is 21.3. The van der Waals surface area contributed by atoms with Gasteiger partial charge in [0.15, 0.2) is 0 Å². The first-order valence-electron chi connectivity index (χ1n) is 9.29. The number of amides is 2. The molecular weight excluding hydrogens is 423 g/mol. The van der Waals surface area contributed by atoms with Crippen LogP contribution in [0.15, 0.2) is 66.7 Å². The number of hydrogen-bond donors (Lipinski definition) is 1. The number of halogens is 2. The largest absolute Gasteiger partial charge is 0.322 e. The molecule has 1 saturated heterocycles. The van der Waals surface area contributed by atoms with Crippen molar-refractivity contribution in [1.29, 1.82) is 0 Å². The molecule has 7 heteroatoms. The number of anilines is 2. The van der Waals surface area contributed by atoms with Gasteiger partial charge in [0.1, 0.15) is 11.2 Å². The van der Waals surface area contributed by atoms with Crippen LogP contribution < -0.4 is 10.2 Å². The second-order valence-electron chi connectivity index (χ2n) is 6.94. The van der Waals surface area contributed by atoms with Crippen molar-refractivity contribution >= 4 is 46.6 Å². The van der Waals surface area contributed by atoms with Gasteiger partial charge in [0, 0.05) is 5.69 Å². The predicted octanol–water partition coefficient (Wildman–Crippen LogP) is 5.82. The highest BCUT2D eigenvalue weighted by atomic mass is 35.5. The Bertz CT molecular complexity index is 1140. The molecule has 152 valence electrons. The molecule has 0 bridgehead atoms. The van der Waals surface area contributed by atoms with E-state index in [1.807, 2.05) is 13.0 Å². The summed E-state index contributed by atoms with van der Waals surface area (Å²) in [7, 11) is 0. The molecule has 1 N–H and O–H groups in total. The van der Waals surface area contributed by atoms with E-state index >= 15 is 0 Å². The lowest BCUT2D eigenvalue weighted by atomic mass is 10.1. The lowest BCUT2D eigenvalue weighted by Gasteiger charge is -2.25. The second kappa shape index (κ2) is 8.50. The maximum atomic E-state index is 14.5. The summed E-state index contributed by atoms with van der Waals surface area (Å²) >= 11 is 7.53. The van der Waals surface area contributed by atoms with Gasteiger partial charge in [-0.25, -0.2) is 4.39 Å². The number of aryl methyl sites for hydroxylation is 1. The molecule has 4 nitrogen and oxygen atoms in total. The summed E-state index contributed by atoms with van der Waals surface area (Å²) < 4.78 is 14.5. The average Bonchev–Trinajstić information content (AvgIpc) is 3.11. The van der Waals surface area contributed by atoms with E-state index < -0.39 is 5.82 Å². The maximum absolute atomic E-state index is 14.5. The molecular formula is C23H18ClFN2O2S. The van der Waals surface area contributed by atoms with Gasteiger partial charge in [-0.2, -0.15) is 0 Å². The predicted molar refractivity (Wildman–Crippen MR) is 120 cm³/mol. The third-order valence-electron chi connectivity index (χ3n) is 4.78. The Morgan fingerprint density at radius 2 is 1.93 bits per heavy atom. The van der Waals surface area contributed by atoms with E-state index in [1.165, 1.54) is 22.7 Å². The standard InChI is InChI=1S/C23H18ClFN2O2S/c1-14-9-10-19(25)20(11-14)27-21(28)13-30-23(27)15-5-4-6-16(12-15)26-22(29)17-7-2-3-8-18(17)24/h2-12,23H,13H2,1H3,(H,26,29)/t23-/m0/s1. The molecule has 0 spiro atoms. The van der Waals surface area contributed by atoms with Gasteiger partial charge in [0.2, 0.25) is 5.91 Å². The van der Waals surface area contributed by atoms with E-state index in [0.29, 0.717) is 16.3 Å². The highest BCUT2D eigenvalue weighted by Gasteiger charge is 2.35. The van der Waals surface area contributed by atoms with E-state index in [-0.39, 0.29) is 28.6 Å². The number of hydrogen-bond acceptors (Lipinski definition) is 3. The Morgan fingerprint density at radius 1 is 1.13 bits per heavy atom. The van der Waals surface area contributed by atoms with Crippen LogP contribution in [-0.4, -0.2) is 17.6 Å². The molecule has 4 rings (SSSR count). The minimum absolute atomic E-state index is 0.153. The minimum atomic E-state index is -0.440. The molecule has 1 aliphatic heterocycles. The quantitative estimate of drug-likeness (QED) is 0.556. The summed E-state index contributed by atoms with van der Waals surface area (Å²) in [6, 6.07) is 18.7. The van der Waals surface area contributed by atoms with Crippen molar-refractivity contribution in [3.8, 4) is 0 Å². The van der Waals surface area contributed by atoms with Crippen LogP contribution in [-0.2, 0) is 4.79 Å². The van der Waals surface area contributed by atoms with Crippen LogP contribution in [0.3, 0.4) is 0 Å². The van der Waals surface area contributed by atoms with Gasteiger partial charge < -0.3 is 5.32 Å². The first kappa shape index (κ1) is 20.4. The molecule has 1 atom stereocenters. The summed E-state index contributed by atoms with van der Waals surface area (Å²) in [4.78, 5) is 26.6. The molecule has 0 unspecified atom stereocenters. The van der Waals surface area contributed by atoms with Gasteiger partial charge in [0.25, 0.3) is 5.91 Å². The molecule has 2 amide bonds. The van der Waals surface area contributed by atoms with Crippen molar-refractivity contribution in [3.05, 3.63) is 94.3 Å². The summed E-state index contributed by atoms with van der Waals surface area (Å²) in [5.41, 5.74) is 2.88. The van der Waals surface area contributed by atoms with Gasteiger partial charge in [-0.05, 0) is 54.4 Å². The molecule has 0 saturated carbocycles. The van der Waals surface area contributed by atoms with E-state index in [0.717, 1.165) is 11.1 Å². The van der Waals surface area contributed by atoms with Crippen molar-refractivity contribution < 1.29 is 14.0 Å². The van der Waals surface area contributed by atoms with Crippen molar-refractivity contribution in [2.45, 2.75) is 12.3 Å². The topological polar surface area (TPSA) is 49.4 Å². The van der Waals surface area contributed by atoms with Crippen LogP contribution in [0.1, 0.15) is 26.9 Å². The third kappa shape index (κ3) is 4.06. The summed E-state index contributed by atoms with van der Waals surface area (Å²) in [6.45, 7) is 1.86. The number of carbonyl (C=O) groups excluding carboxylic acids is 2. The monoisotopic (exact) mass is 440 g/mol. The number of nitrogens with one attached hydrogen (secondary N) is 1. The van der Waals surface area contributed by atoms with Crippen LogP contribution >= 0.6 is 23.4 Å². The fourth-order valence-electron chi connectivity index (χ4n) is 3.35. The Labute approximate surface area is 183 Å². The van der Waals surface area contributed by atoms with Crippen LogP contribution in [0.4, 0.5) is 15.8 Å². The highest BCUT2D eigenvalue weighted by Crippen LogP contribution is 2.43. The average molecular weight is 441 g/mol. The van der Waals surface area contributed by atoms with Crippen molar-refractivity contribution in [2.75, 3.05) is 16.0 Å². The first-order valence-corrected chi connectivity index (χ1v) is 10.7. The molecule has 1 fully saturated rings. The molecule has 0 radical (unpaired) electrons. The van der Waals surface area contributed by atoms with E-state index in [4.69, 9.17) is 11.6 Å². The fourth-order valence-corrected chi connectivity index (χ4v) is 4.73. The normalized spacial score (nSPS) is 16.0. The van der Waals surface area contributed by atoms with Crippen molar-refractivity contribution in [2.24, 2.45) is 0 Å². The van der Waals surface area contributed by atoms with Crippen LogP contribution in [0.2, 0.25) is 5.02 Å². The molecule has 30 heavy (non-hydrogen) atoms. The van der Waals surface area contributed by atoms with Gasteiger partial charge in [-0.1, -0.05) is 41.9 Å². The van der Waals surface area contributed by atoms with Crippen LogP contribution in [0, 0.1) is 12.7 Å². The van der Waals surface area contributed by atoms with Crippen molar-refractivity contribution in [1.82, 2.24) is 0 Å². The van der Waals surface area contributed by atoms with Gasteiger partial charge in [-0.15, -0.1) is 11.8 Å². The summed E-state index contributed by atoms with van der Waals surface area (Å²) in [5, 5.41) is 2.82. The van der Waals surface area contributed by atoms with Gasteiger partial charge in [-0.3, -0.25) is 14.5 Å². The first-order chi connectivity index (χ1) is 14.4. The number of thioether (sulfide) groups is 1. The van der Waals surface area contributed by atoms with E-state index in [2.05, 4.69) is 5.32 Å². The lowest BCUT2D eigenvalue weighted by molar-refractivity contribution is -0.115. The summed E-state index contributed by atoms with van der Waals surface area (Å²) in [5.74, 6) is -0.659. The zero-order valence-corrected chi connectivity index (χ0v) is 17.6. The molecule has 1 aliphatic rings. The molecule has 1 heterocycles. The molecule has 3 aromatic rings. The van der Waals surface area contributed by atoms with Gasteiger partial charge in [0.05, 0.1) is 22.0 Å². The van der Waals surface area contributed by atoms with Gasteiger partial charge >= 0.3 is 0 Å². The van der Waals surface area contributed by atoms with Crippen molar-refractivity contribution in [3.63, 3.8) is 0 Å². The SMILES string of the molecule is Cc1ccc(F)c(N2C(=O)CS[C@H]2c2cccc(NC(=O)c3ccccc3Cl)c2)c1. The summed E-state index contributed by atoms with van der Waals surface area (Å²) in [6.07, 6.45) is 0. The molecule has 0 aliphatic carbocycles. The Kier molecular flexibility index (Phi) is 5.79. The molecule has 0 aromatic heterocycles. The van der Waals surface area contributed by atoms with Crippen LogP contribution in [0.25, 0.3) is 0 Å². The fraction of sp³-hybridized carbons (Fsp3) is 0.130. The van der Waals surface area contributed by atoms with Crippen LogP contribution in [0.5, 0.6) is 0 Å². The maximum Gasteiger partial charge on any atom is 0.257 e. The smallest absolute Gasteiger partial charge is 0.257 e. The number of benzene rings is 3. The lowest BCUT2D eigenvalue weighted by Crippen LogP contribution is -2.28. The number of carbonyl (C=O) groups is 2. The minimum Gasteiger partial charge on any atom is -0.322 e. The second-order valence-corrected chi connectivity index (χ2v) is 8.42. The Morgan fingerprint density at radius 3 is 2.73 bits per heavy atom. The third-order valence-corrected chi connectivity index (χ3v) is 6.32. The van der Waals surface area contributed by atoms with E-state index in [9.17, 15) is 14.0 Å². The Balaban J connectivity index is 1.63. The zero-order valence-electron chi connectivity index (χ0n) is 16.1. The highest BCUT2D eigenvalue weighted by molar-refractivity contribution is 8.00. The van der Waals surface area contributed by atoms with E-state index in [1.54, 1.807) is 54.6 Å².